The molecule has 0 spiro atoms. The summed E-state index contributed by atoms with van der Waals surface area (Å²) in [5.41, 5.74) is 1.29. The van der Waals surface area contributed by atoms with Crippen molar-refractivity contribution in [2.24, 2.45) is 5.18 Å². The van der Waals surface area contributed by atoms with Crippen LogP contribution < -0.4 is 0 Å². The molecule has 64 valence electrons. The predicted molar refractivity (Wildman–Crippen MR) is 46.0 cm³/mol. The van der Waals surface area contributed by atoms with Gasteiger partial charge in [-0.3, -0.25) is 4.79 Å². The molecule has 0 saturated heterocycles. The number of carbonyl (C=O) groups is 1. The fourth-order valence-corrected chi connectivity index (χ4v) is 1.02. The predicted octanol–water partition coefficient (Wildman–Crippen LogP) is 1.77. The number of aryl methyl sites for hydroxylation is 1. The quantitative estimate of drug-likeness (QED) is 0.609. The van der Waals surface area contributed by atoms with E-state index in [1.165, 1.54) is 12.1 Å². The van der Waals surface area contributed by atoms with Gasteiger partial charge in [-0.05, 0) is 30.7 Å². The highest BCUT2D eigenvalue weighted by atomic mass is 16.3. The van der Waals surface area contributed by atoms with Gasteiger partial charge in [0, 0.05) is 10.7 Å². The number of benzene rings is 1. The Balaban J connectivity index is 3.21. The van der Waals surface area contributed by atoms with Crippen LogP contribution in [0.2, 0.25) is 0 Å². The van der Waals surface area contributed by atoms with Gasteiger partial charge in [0.05, 0.1) is 11.6 Å². The van der Waals surface area contributed by atoms with Gasteiger partial charge >= 0.3 is 5.91 Å². The molecule has 0 aliphatic carbocycles. The number of hydrogen-bond acceptors (Lipinski definition) is 3. The standard InChI is InChI=1S/C9H6N2O2/c1-6-4-7(5-10)2-3-8(6)9(12)11-13/h2-4H,1H3. The van der Waals surface area contributed by atoms with Gasteiger partial charge in [0.2, 0.25) is 0 Å². The SMILES string of the molecule is Cc1cc(C#N)ccc1C(=O)N=O. The first-order chi connectivity index (χ1) is 6.19. The second-order valence-corrected chi connectivity index (χ2v) is 2.54. The van der Waals surface area contributed by atoms with Crippen molar-refractivity contribution in [2.75, 3.05) is 0 Å². The highest BCUT2D eigenvalue weighted by Crippen LogP contribution is 2.11. The van der Waals surface area contributed by atoms with E-state index in [4.69, 9.17) is 5.26 Å². The summed E-state index contributed by atoms with van der Waals surface area (Å²) in [6.07, 6.45) is 0. The van der Waals surface area contributed by atoms with Crippen LogP contribution in [0.4, 0.5) is 0 Å². The number of nitrogens with zero attached hydrogens (tertiary/aromatic N) is 2. The average Bonchev–Trinajstić information content (AvgIpc) is 2.16. The molecule has 4 heteroatoms. The van der Waals surface area contributed by atoms with Crippen molar-refractivity contribution in [3.63, 3.8) is 0 Å². The average molecular weight is 174 g/mol. The lowest BCUT2D eigenvalue weighted by Crippen LogP contribution is -1.97. The van der Waals surface area contributed by atoms with Gasteiger partial charge in [-0.2, -0.15) is 5.26 Å². The molecule has 0 fully saturated rings. The van der Waals surface area contributed by atoms with E-state index >= 15 is 0 Å². The Morgan fingerprint density at radius 1 is 1.54 bits per heavy atom. The highest BCUT2D eigenvalue weighted by Gasteiger charge is 2.08. The van der Waals surface area contributed by atoms with Crippen LogP contribution in [0.1, 0.15) is 21.5 Å². The fraction of sp³-hybridized carbons (Fsp3) is 0.111. The Labute approximate surface area is 74.8 Å². The Hall–Kier alpha value is -2.02. The summed E-state index contributed by atoms with van der Waals surface area (Å²) in [4.78, 5) is 20.8. The maximum atomic E-state index is 10.9. The summed E-state index contributed by atoms with van der Waals surface area (Å²) in [7, 11) is 0. The van der Waals surface area contributed by atoms with Crippen LogP contribution in [-0.2, 0) is 0 Å². The molecule has 0 heterocycles. The largest absolute Gasteiger partial charge is 0.317 e. The number of amides is 1. The fourth-order valence-electron chi connectivity index (χ4n) is 1.02. The molecule has 1 aromatic carbocycles. The summed E-state index contributed by atoms with van der Waals surface area (Å²) in [5.74, 6) is -0.804. The summed E-state index contributed by atoms with van der Waals surface area (Å²) in [6.45, 7) is 1.65. The molecule has 0 N–H and O–H groups in total. The first kappa shape index (κ1) is 9.07. The Morgan fingerprint density at radius 3 is 2.69 bits per heavy atom. The lowest BCUT2D eigenvalue weighted by atomic mass is 10.1. The van der Waals surface area contributed by atoms with Gasteiger partial charge in [-0.25, -0.2) is 0 Å². The van der Waals surface area contributed by atoms with Gasteiger partial charge in [-0.15, -0.1) is 4.91 Å². The molecule has 1 aromatic rings. The lowest BCUT2D eigenvalue weighted by molar-refractivity contribution is 0.1000. The van der Waals surface area contributed by atoms with Crippen molar-refractivity contribution in [3.05, 3.63) is 39.8 Å². The number of rotatable bonds is 1. The number of nitriles is 1. The zero-order valence-corrected chi connectivity index (χ0v) is 6.94. The minimum atomic E-state index is -0.804. The minimum Gasteiger partial charge on any atom is -0.263 e. The van der Waals surface area contributed by atoms with Gasteiger partial charge in [-0.1, -0.05) is 0 Å². The maximum absolute atomic E-state index is 10.9. The van der Waals surface area contributed by atoms with Crippen LogP contribution in [0.5, 0.6) is 0 Å². The third-order valence-electron chi connectivity index (χ3n) is 1.67. The third-order valence-corrected chi connectivity index (χ3v) is 1.67. The molecule has 1 amide bonds. The van der Waals surface area contributed by atoms with Gasteiger partial charge in [0.15, 0.2) is 0 Å². The zero-order chi connectivity index (χ0) is 9.84. The molecule has 0 saturated carbocycles. The minimum absolute atomic E-state index is 0.244. The van der Waals surface area contributed by atoms with Crippen LogP contribution in [0, 0.1) is 23.2 Å². The van der Waals surface area contributed by atoms with Crippen molar-refractivity contribution in [1.29, 1.82) is 5.26 Å². The van der Waals surface area contributed by atoms with E-state index in [9.17, 15) is 9.70 Å². The molecule has 0 aliphatic heterocycles. The topological polar surface area (TPSA) is 70.3 Å². The number of nitroso groups, excluding NO2 is 1. The maximum Gasteiger partial charge on any atom is 0.317 e. The summed E-state index contributed by atoms with van der Waals surface area (Å²) in [6, 6.07) is 6.38. The second kappa shape index (κ2) is 3.59. The molecule has 1 rings (SSSR count). The smallest absolute Gasteiger partial charge is 0.263 e. The summed E-state index contributed by atoms with van der Waals surface area (Å²) < 4.78 is 0. The second-order valence-electron chi connectivity index (χ2n) is 2.54. The monoisotopic (exact) mass is 174 g/mol. The molecule has 0 aliphatic rings. The van der Waals surface area contributed by atoms with Crippen LogP contribution in [-0.4, -0.2) is 5.91 Å². The molecule has 0 aromatic heterocycles. The first-order valence-electron chi connectivity index (χ1n) is 3.57. The van der Waals surface area contributed by atoms with Crippen LogP contribution >= 0.6 is 0 Å². The zero-order valence-electron chi connectivity index (χ0n) is 6.94. The normalized spacial score (nSPS) is 8.92. The summed E-state index contributed by atoms with van der Waals surface area (Å²) in [5, 5.41) is 10.8. The van der Waals surface area contributed by atoms with Crippen molar-refractivity contribution >= 4 is 5.91 Å². The van der Waals surface area contributed by atoms with Crippen molar-refractivity contribution < 1.29 is 4.79 Å². The first-order valence-corrected chi connectivity index (χ1v) is 3.57. The van der Waals surface area contributed by atoms with E-state index in [1.54, 1.807) is 13.0 Å². The molecule has 4 nitrogen and oxygen atoms in total. The molecule has 0 unspecified atom stereocenters. The van der Waals surface area contributed by atoms with E-state index in [0.717, 1.165) is 0 Å². The van der Waals surface area contributed by atoms with Gasteiger partial charge in [0.1, 0.15) is 0 Å². The molecular weight excluding hydrogens is 168 g/mol. The van der Waals surface area contributed by atoms with Crippen molar-refractivity contribution in [2.45, 2.75) is 6.92 Å². The summed E-state index contributed by atoms with van der Waals surface area (Å²) >= 11 is 0. The molecule has 0 radical (unpaired) electrons. The third kappa shape index (κ3) is 1.76. The number of hydrogen-bond donors (Lipinski definition) is 0. The van der Waals surface area contributed by atoms with Crippen LogP contribution in [0.25, 0.3) is 0 Å². The Morgan fingerprint density at radius 2 is 2.23 bits per heavy atom. The van der Waals surface area contributed by atoms with Crippen molar-refractivity contribution in [1.82, 2.24) is 0 Å². The lowest BCUT2D eigenvalue weighted by Gasteiger charge is -1.98. The molecule has 13 heavy (non-hydrogen) atoms. The van der Waals surface area contributed by atoms with E-state index in [1.807, 2.05) is 6.07 Å². The highest BCUT2D eigenvalue weighted by molar-refractivity contribution is 5.96. The van der Waals surface area contributed by atoms with E-state index < -0.39 is 5.91 Å². The van der Waals surface area contributed by atoms with Crippen molar-refractivity contribution in [3.8, 4) is 6.07 Å². The molecule has 0 atom stereocenters. The van der Waals surface area contributed by atoms with Gasteiger partial charge < -0.3 is 0 Å². The molecule has 0 bridgehead atoms. The number of carbonyl (C=O) groups excluding carboxylic acids is 1. The van der Waals surface area contributed by atoms with Gasteiger partial charge in [0.25, 0.3) is 0 Å². The van der Waals surface area contributed by atoms with E-state index in [0.29, 0.717) is 11.1 Å². The van der Waals surface area contributed by atoms with Crippen LogP contribution in [0.15, 0.2) is 23.4 Å². The van der Waals surface area contributed by atoms with Crippen LogP contribution in [0.3, 0.4) is 0 Å². The van der Waals surface area contributed by atoms with E-state index in [-0.39, 0.29) is 5.56 Å². The Bertz CT molecular complexity index is 405. The molecular formula is C9H6N2O2. The Kier molecular flexibility index (Phi) is 2.50. The van der Waals surface area contributed by atoms with E-state index in [2.05, 4.69) is 5.18 Å².